The molecule has 90 valence electrons. The Balaban J connectivity index is 3.87. The second kappa shape index (κ2) is 8.64. The second-order valence-electron chi connectivity index (χ2n) is 3.77. The third-order valence-corrected chi connectivity index (χ3v) is 2.30. The van der Waals surface area contributed by atoms with Gasteiger partial charge in [-0.05, 0) is 32.4 Å². The summed E-state index contributed by atoms with van der Waals surface area (Å²) in [5, 5.41) is 11.9. The topological polar surface area (TPSA) is 101 Å². The Morgan fingerprint density at radius 1 is 1.53 bits per heavy atom. The van der Waals surface area contributed by atoms with Crippen LogP contribution in [0.4, 0.5) is 0 Å². The van der Waals surface area contributed by atoms with Crippen LogP contribution in [0, 0.1) is 0 Å². The Labute approximate surface area is 91.2 Å². The molecule has 0 aliphatic carbocycles. The van der Waals surface area contributed by atoms with Gasteiger partial charge in [0.05, 0.1) is 0 Å². The standard InChI is InChI=1S/C10H23N3O2/c1-2-3-6-13-9(10(14)15)7-8(12)4-5-11/h8-9,13H,2-7,11-12H2,1H3,(H,14,15)/t8?,9-/m0/s1. The van der Waals surface area contributed by atoms with Crippen molar-refractivity contribution in [1.82, 2.24) is 5.32 Å². The molecule has 0 aliphatic rings. The number of carboxylic acid groups (broad SMARTS) is 1. The number of aliphatic carboxylic acids is 1. The number of nitrogens with one attached hydrogen (secondary N) is 1. The minimum atomic E-state index is -0.835. The minimum Gasteiger partial charge on any atom is -0.480 e. The van der Waals surface area contributed by atoms with Crippen LogP contribution in [-0.2, 0) is 4.79 Å². The van der Waals surface area contributed by atoms with Crippen molar-refractivity contribution in [2.75, 3.05) is 13.1 Å². The van der Waals surface area contributed by atoms with Gasteiger partial charge in [-0.2, -0.15) is 0 Å². The van der Waals surface area contributed by atoms with Crippen molar-refractivity contribution in [2.24, 2.45) is 11.5 Å². The van der Waals surface area contributed by atoms with E-state index in [9.17, 15) is 4.79 Å². The molecule has 5 heteroatoms. The molecule has 0 aromatic heterocycles. The van der Waals surface area contributed by atoms with Gasteiger partial charge in [0.2, 0.25) is 0 Å². The quantitative estimate of drug-likeness (QED) is 0.404. The summed E-state index contributed by atoms with van der Waals surface area (Å²) in [5.74, 6) is -0.835. The van der Waals surface area contributed by atoms with E-state index >= 15 is 0 Å². The zero-order valence-electron chi connectivity index (χ0n) is 9.41. The van der Waals surface area contributed by atoms with Crippen LogP contribution in [0.5, 0.6) is 0 Å². The normalized spacial score (nSPS) is 14.9. The van der Waals surface area contributed by atoms with Gasteiger partial charge in [0.15, 0.2) is 0 Å². The number of rotatable bonds is 9. The van der Waals surface area contributed by atoms with Gasteiger partial charge in [-0.15, -0.1) is 0 Å². The highest BCUT2D eigenvalue weighted by molar-refractivity contribution is 5.73. The maximum Gasteiger partial charge on any atom is 0.320 e. The van der Waals surface area contributed by atoms with Crippen LogP contribution in [0.2, 0.25) is 0 Å². The number of hydrogen-bond donors (Lipinski definition) is 4. The second-order valence-corrected chi connectivity index (χ2v) is 3.77. The molecule has 15 heavy (non-hydrogen) atoms. The molecular formula is C10H23N3O2. The molecule has 0 radical (unpaired) electrons. The molecule has 0 fully saturated rings. The van der Waals surface area contributed by atoms with Crippen LogP contribution in [0.25, 0.3) is 0 Å². The lowest BCUT2D eigenvalue weighted by atomic mass is 10.0. The van der Waals surface area contributed by atoms with E-state index in [0.717, 1.165) is 19.4 Å². The van der Waals surface area contributed by atoms with Crippen molar-refractivity contribution >= 4 is 5.97 Å². The van der Waals surface area contributed by atoms with Crippen LogP contribution in [-0.4, -0.2) is 36.2 Å². The third kappa shape index (κ3) is 7.30. The first-order valence-corrected chi connectivity index (χ1v) is 5.53. The summed E-state index contributed by atoms with van der Waals surface area (Å²) in [5.41, 5.74) is 11.1. The predicted octanol–water partition coefficient (Wildman–Crippen LogP) is -0.104. The summed E-state index contributed by atoms with van der Waals surface area (Å²) in [7, 11) is 0. The maximum absolute atomic E-state index is 10.9. The Hall–Kier alpha value is -0.650. The van der Waals surface area contributed by atoms with E-state index in [-0.39, 0.29) is 6.04 Å². The van der Waals surface area contributed by atoms with Crippen LogP contribution >= 0.6 is 0 Å². The van der Waals surface area contributed by atoms with Gasteiger partial charge in [0.25, 0.3) is 0 Å². The fourth-order valence-electron chi connectivity index (χ4n) is 1.36. The van der Waals surface area contributed by atoms with Crippen molar-refractivity contribution in [3.05, 3.63) is 0 Å². The summed E-state index contributed by atoms with van der Waals surface area (Å²) in [6.07, 6.45) is 3.14. The number of carbonyl (C=O) groups is 1. The highest BCUT2D eigenvalue weighted by Crippen LogP contribution is 2.00. The first-order chi connectivity index (χ1) is 7.11. The van der Waals surface area contributed by atoms with Crippen molar-refractivity contribution < 1.29 is 9.90 Å². The molecule has 2 atom stereocenters. The molecule has 1 unspecified atom stereocenters. The van der Waals surface area contributed by atoms with Gasteiger partial charge in [-0.25, -0.2) is 0 Å². The maximum atomic E-state index is 10.9. The van der Waals surface area contributed by atoms with E-state index < -0.39 is 12.0 Å². The third-order valence-electron chi connectivity index (χ3n) is 2.30. The van der Waals surface area contributed by atoms with E-state index in [1.807, 2.05) is 0 Å². The van der Waals surface area contributed by atoms with Gasteiger partial charge in [-0.1, -0.05) is 13.3 Å². The summed E-state index contributed by atoms with van der Waals surface area (Å²) >= 11 is 0. The van der Waals surface area contributed by atoms with Crippen molar-refractivity contribution in [3.8, 4) is 0 Å². The van der Waals surface area contributed by atoms with Crippen LogP contribution < -0.4 is 16.8 Å². The minimum absolute atomic E-state index is 0.134. The van der Waals surface area contributed by atoms with Crippen molar-refractivity contribution in [3.63, 3.8) is 0 Å². The molecule has 0 saturated heterocycles. The van der Waals surface area contributed by atoms with Crippen LogP contribution in [0.3, 0.4) is 0 Å². The van der Waals surface area contributed by atoms with Crippen LogP contribution in [0.15, 0.2) is 0 Å². The SMILES string of the molecule is CCCCN[C@@H](CC(N)CCN)C(=O)O. The lowest BCUT2D eigenvalue weighted by Gasteiger charge is -2.18. The van der Waals surface area contributed by atoms with Crippen molar-refractivity contribution in [1.29, 1.82) is 0 Å². The molecule has 0 aromatic rings. The fraction of sp³-hybridized carbons (Fsp3) is 0.900. The molecule has 0 spiro atoms. The van der Waals surface area contributed by atoms with E-state index in [1.54, 1.807) is 0 Å². The Morgan fingerprint density at radius 3 is 2.67 bits per heavy atom. The number of hydrogen-bond acceptors (Lipinski definition) is 4. The number of nitrogens with two attached hydrogens (primary N) is 2. The average Bonchev–Trinajstić information content (AvgIpc) is 2.16. The molecule has 0 heterocycles. The largest absolute Gasteiger partial charge is 0.480 e. The molecule has 5 nitrogen and oxygen atoms in total. The van der Waals surface area contributed by atoms with Gasteiger partial charge < -0.3 is 21.9 Å². The van der Waals surface area contributed by atoms with E-state index in [0.29, 0.717) is 19.4 Å². The monoisotopic (exact) mass is 217 g/mol. The molecule has 0 amide bonds. The van der Waals surface area contributed by atoms with Gasteiger partial charge in [-0.3, -0.25) is 4.79 Å². The molecule has 6 N–H and O–H groups in total. The summed E-state index contributed by atoms with van der Waals surface area (Å²) in [4.78, 5) is 10.9. The predicted molar refractivity (Wildman–Crippen MR) is 60.6 cm³/mol. The highest BCUT2D eigenvalue weighted by Gasteiger charge is 2.19. The van der Waals surface area contributed by atoms with Gasteiger partial charge in [0.1, 0.15) is 6.04 Å². The summed E-state index contributed by atoms with van der Waals surface area (Å²) < 4.78 is 0. The molecule has 0 saturated carbocycles. The molecule has 0 aliphatic heterocycles. The molecular weight excluding hydrogens is 194 g/mol. The Morgan fingerprint density at radius 2 is 2.20 bits per heavy atom. The number of carboxylic acids is 1. The summed E-state index contributed by atoms with van der Waals surface area (Å²) in [6, 6.07) is -0.677. The molecule has 0 rings (SSSR count). The van der Waals surface area contributed by atoms with Gasteiger partial charge >= 0.3 is 5.97 Å². The summed E-state index contributed by atoms with van der Waals surface area (Å²) in [6.45, 7) is 3.29. The lowest BCUT2D eigenvalue weighted by molar-refractivity contribution is -0.139. The average molecular weight is 217 g/mol. The zero-order chi connectivity index (χ0) is 11.7. The first-order valence-electron chi connectivity index (χ1n) is 5.53. The van der Waals surface area contributed by atoms with Gasteiger partial charge in [0, 0.05) is 6.04 Å². The van der Waals surface area contributed by atoms with Crippen molar-refractivity contribution in [2.45, 2.75) is 44.7 Å². The Bertz CT molecular complexity index is 176. The van der Waals surface area contributed by atoms with E-state index in [1.165, 1.54) is 0 Å². The lowest BCUT2D eigenvalue weighted by Crippen LogP contribution is -2.42. The first kappa shape index (κ1) is 14.3. The van der Waals surface area contributed by atoms with E-state index in [4.69, 9.17) is 16.6 Å². The molecule has 0 bridgehead atoms. The highest BCUT2D eigenvalue weighted by atomic mass is 16.4. The zero-order valence-corrected chi connectivity index (χ0v) is 9.41. The molecule has 0 aromatic carbocycles. The fourth-order valence-corrected chi connectivity index (χ4v) is 1.36. The smallest absolute Gasteiger partial charge is 0.320 e. The number of unbranched alkanes of at least 4 members (excludes halogenated alkanes) is 1. The van der Waals surface area contributed by atoms with Crippen LogP contribution in [0.1, 0.15) is 32.6 Å². The Kier molecular flexibility index (Phi) is 8.27. The van der Waals surface area contributed by atoms with E-state index in [2.05, 4.69) is 12.2 Å².